The predicted octanol–water partition coefficient (Wildman–Crippen LogP) is 19.3. The summed E-state index contributed by atoms with van der Waals surface area (Å²) >= 11 is 0. The van der Waals surface area contributed by atoms with E-state index in [1.165, 1.54) is 70.6 Å². The largest absolute Gasteiger partial charge is 0.477 e. The van der Waals surface area contributed by atoms with Crippen molar-refractivity contribution in [2.75, 3.05) is 47.5 Å². The normalized spacial score (nSPS) is 13.8. The monoisotopic (exact) mass is 1120 g/mol. The fraction of sp³-hybridized carbons (Fsp3) is 0.597. The number of aliphatic carboxylic acids is 1. The van der Waals surface area contributed by atoms with Crippen LogP contribution in [0.1, 0.15) is 219 Å². The van der Waals surface area contributed by atoms with Crippen molar-refractivity contribution in [1.82, 2.24) is 0 Å². The fourth-order valence-electron chi connectivity index (χ4n) is 8.00. The molecule has 0 aromatic rings. The van der Waals surface area contributed by atoms with Crippen LogP contribution in [0.25, 0.3) is 0 Å². The van der Waals surface area contributed by atoms with Crippen LogP contribution in [-0.4, -0.2) is 87.4 Å². The minimum atomic E-state index is -1.53. The molecule has 0 aliphatic carbocycles. The molecule has 0 aliphatic heterocycles. The number of allylic oxidation sites excluding steroid dienone is 26. The third-order valence-corrected chi connectivity index (χ3v) is 12.8. The van der Waals surface area contributed by atoms with Gasteiger partial charge < -0.3 is 28.5 Å². The molecular weight excluding hydrogens is 1010 g/mol. The molecule has 1 N–H and O–H groups in total. The van der Waals surface area contributed by atoms with Gasteiger partial charge in [0.25, 0.3) is 6.29 Å². The van der Waals surface area contributed by atoms with E-state index in [4.69, 9.17) is 18.9 Å². The highest BCUT2D eigenvalue weighted by Crippen LogP contribution is 2.15. The van der Waals surface area contributed by atoms with Crippen LogP contribution in [0.5, 0.6) is 0 Å². The van der Waals surface area contributed by atoms with E-state index in [0.717, 1.165) is 116 Å². The average Bonchev–Trinajstić information content (AvgIpc) is 3.44. The van der Waals surface area contributed by atoms with Gasteiger partial charge in [-0.3, -0.25) is 9.59 Å². The maximum Gasteiger partial charge on any atom is 0.361 e. The van der Waals surface area contributed by atoms with Crippen molar-refractivity contribution >= 4 is 17.9 Å². The van der Waals surface area contributed by atoms with Crippen molar-refractivity contribution in [3.63, 3.8) is 0 Å². The maximum absolute atomic E-state index is 12.9. The van der Waals surface area contributed by atoms with E-state index in [1.807, 2.05) is 21.1 Å². The lowest BCUT2D eigenvalue weighted by Gasteiger charge is -2.25. The second kappa shape index (κ2) is 61.0. The van der Waals surface area contributed by atoms with Crippen LogP contribution in [0.15, 0.2) is 158 Å². The Bertz CT molecular complexity index is 1880. The quantitative estimate of drug-likeness (QED) is 0.0211. The van der Waals surface area contributed by atoms with Crippen LogP contribution < -0.4 is 0 Å². The molecule has 0 radical (unpaired) electrons. The van der Waals surface area contributed by atoms with E-state index in [0.29, 0.717) is 17.4 Å². The number of hydrogen-bond donors (Lipinski definition) is 1. The molecule has 0 saturated carbocycles. The predicted molar refractivity (Wildman–Crippen MR) is 345 cm³/mol. The fourth-order valence-corrected chi connectivity index (χ4v) is 8.00. The molecule has 0 aliphatic rings. The summed E-state index contributed by atoms with van der Waals surface area (Å²) in [5.41, 5.74) is 0. The number of hydrogen-bond acceptors (Lipinski definition) is 7. The van der Waals surface area contributed by atoms with E-state index < -0.39 is 24.3 Å². The van der Waals surface area contributed by atoms with Crippen LogP contribution >= 0.6 is 0 Å². The lowest BCUT2D eigenvalue weighted by Crippen LogP contribution is -2.40. The van der Waals surface area contributed by atoms with E-state index >= 15 is 0 Å². The van der Waals surface area contributed by atoms with Gasteiger partial charge in [-0.05, 0) is 122 Å². The maximum atomic E-state index is 12.9. The number of quaternary nitrogens is 1. The molecule has 9 nitrogen and oxygen atoms in total. The summed E-state index contributed by atoms with van der Waals surface area (Å²) in [5, 5.41) is 9.72. The Morgan fingerprint density at radius 1 is 0.370 bits per heavy atom. The summed E-state index contributed by atoms with van der Waals surface area (Å²) < 4.78 is 22.9. The van der Waals surface area contributed by atoms with E-state index in [2.05, 4.69) is 172 Å². The summed E-state index contributed by atoms with van der Waals surface area (Å²) in [6.07, 6.45) is 87.6. The van der Waals surface area contributed by atoms with Gasteiger partial charge in [0.2, 0.25) is 0 Å². The van der Waals surface area contributed by atoms with Crippen molar-refractivity contribution in [2.45, 2.75) is 232 Å². The minimum Gasteiger partial charge on any atom is -0.477 e. The standard InChI is InChI=1S/C72H115NO8/c1-6-8-10-12-14-16-18-20-22-24-26-28-30-32-34-35-37-38-40-42-44-46-48-50-52-54-56-58-60-62-69(74)79-66-68(67-80-72(71(76)77)78-65-64-73(3,4)5)81-70(75)63-61-59-57-55-53-51-49-47-45-43-41-39-36-33-31-29-27-25-23-21-19-17-15-13-11-9-7-2/h8-11,14-17,20-23,26-29,32-34,36,41,43,47,49,53,55,68,72H,6-7,12-13,18-19,24-25,30-31,35,37-40,42,44-46,48,50-52,54,56-67H2,1-5H3/p+1/b10-8-,11-9-,16-14-,17-15-,22-20-,23-21-,28-26-,29-27-,34-32-,36-33-,43-41-,49-47-,55-53-. The van der Waals surface area contributed by atoms with Crippen molar-refractivity contribution in [3.05, 3.63) is 158 Å². The number of carbonyl (C=O) groups excluding carboxylic acids is 2. The van der Waals surface area contributed by atoms with Crippen LogP contribution in [-0.2, 0) is 33.3 Å². The minimum absolute atomic E-state index is 0.170. The first kappa shape index (κ1) is 75.9. The van der Waals surface area contributed by atoms with Crippen molar-refractivity contribution in [1.29, 1.82) is 0 Å². The summed E-state index contributed by atoms with van der Waals surface area (Å²) in [7, 11) is 5.94. The summed E-state index contributed by atoms with van der Waals surface area (Å²) in [5.74, 6) is -2.08. The van der Waals surface area contributed by atoms with E-state index in [-0.39, 0.29) is 38.6 Å². The molecule has 0 amide bonds. The first-order valence-electron chi connectivity index (χ1n) is 31.6. The number of esters is 2. The van der Waals surface area contributed by atoms with Gasteiger partial charge in [-0.2, -0.15) is 0 Å². The van der Waals surface area contributed by atoms with Crippen LogP contribution in [0.2, 0.25) is 0 Å². The number of carboxylic acid groups (broad SMARTS) is 1. The lowest BCUT2D eigenvalue weighted by atomic mass is 10.0. The zero-order valence-corrected chi connectivity index (χ0v) is 51.9. The molecule has 0 heterocycles. The Kier molecular flexibility index (Phi) is 57.2. The molecule has 0 saturated heterocycles. The number of carboxylic acids is 1. The number of rotatable bonds is 56. The van der Waals surface area contributed by atoms with Gasteiger partial charge in [-0.1, -0.05) is 242 Å². The Morgan fingerprint density at radius 3 is 1.01 bits per heavy atom. The van der Waals surface area contributed by atoms with Gasteiger partial charge in [0.1, 0.15) is 13.2 Å². The molecule has 0 spiro atoms. The van der Waals surface area contributed by atoms with E-state index in [9.17, 15) is 19.5 Å². The Labute approximate surface area is 495 Å². The van der Waals surface area contributed by atoms with Gasteiger partial charge in [-0.15, -0.1) is 0 Å². The zero-order chi connectivity index (χ0) is 59.1. The molecular formula is C72H116NO8+. The van der Waals surface area contributed by atoms with Crippen molar-refractivity contribution < 1.29 is 42.9 Å². The van der Waals surface area contributed by atoms with Crippen LogP contribution in [0, 0.1) is 0 Å². The van der Waals surface area contributed by atoms with Crippen molar-refractivity contribution in [2.24, 2.45) is 0 Å². The first-order valence-corrected chi connectivity index (χ1v) is 31.6. The van der Waals surface area contributed by atoms with Gasteiger partial charge in [-0.25, -0.2) is 4.79 Å². The molecule has 9 heteroatoms. The molecule has 2 atom stereocenters. The molecule has 0 aromatic heterocycles. The molecule has 456 valence electrons. The highest BCUT2D eigenvalue weighted by Gasteiger charge is 2.25. The third kappa shape index (κ3) is 62.4. The number of likely N-dealkylation sites (N-methyl/N-ethyl adjacent to an activating group) is 1. The topological polar surface area (TPSA) is 108 Å². The number of unbranched alkanes of at least 4 members (excludes halogenated alkanes) is 15. The number of carbonyl (C=O) groups is 3. The number of nitrogens with zero attached hydrogens (tertiary/aromatic N) is 1. The van der Waals surface area contributed by atoms with Crippen molar-refractivity contribution in [3.8, 4) is 0 Å². The Balaban J connectivity index is 4.31. The molecule has 0 aromatic carbocycles. The first-order chi connectivity index (χ1) is 39.6. The molecule has 0 fully saturated rings. The van der Waals surface area contributed by atoms with Gasteiger partial charge in [0, 0.05) is 12.8 Å². The summed E-state index contributed by atoms with van der Waals surface area (Å²) in [6, 6.07) is 0. The average molecular weight is 1120 g/mol. The molecule has 2 unspecified atom stereocenters. The highest BCUT2D eigenvalue weighted by molar-refractivity contribution is 5.71. The number of ether oxygens (including phenoxy) is 4. The molecule has 0 rings (SSSR count). The van der Waals surface area contributed by atoms with Gasteiger partial charge >= 0.3 is 17.9 Å². The smallest absolute Gasteiger partial charge is 0.361 e. The summed E-state index contributed by atoms with van der Waals surface area (Å²) in [6.45, 7) is 4.58. The second-order valence-corrected chi connectivity index (χ2v) is 21.6. The second-order valence-electron chi connectivity index (χ2n) is 21.6. The Morgan fingerprint density at radius 2 is 0.667 bits per heavy atom. The van der Waals surface area contributed by atoms with Gasteiger partial charge in [0.05, 0.1) is 34.4 Å². The van der Waals surface area contributed by atoms with Gasteiger partial charge in [0.15, 0.2) is 6.10 Å². The van der Waals surface area contributed by atoms with E-state index in [1.54, 1.807) is 0 Å². The Hall–Kier alpha value is -5.09. The summed E-state index contributed by atoms with van der Waals surface area (Å²) in [4.78, 5) is 37.5. The van der Waals surface area contributed by atoms with Crippen LogP contribution in [0.4, 0.5) is 0 Å². The highest BCUT2D eigenvalue weighted by atomic mass is 16.7. The third-order valence-electron chi connectivity index (χ3n) is 12.8. The SMILES string of the molecule is CC/C=C\C/C=C\C/C=C\C/C=C\C/C=C\C/C=C\C/C=C\C/C=C\CCCCC(=O)OC(COC(=O)CCCCCCCCCCCCCCC/C=C\C/C=C\C/C=C\C/C=C\C/C=C\CC)COC(OCC[N+](C)(C)C)C(=O)O. The van der Waals surface area contributed by atoms with Crippen LogP contribution in [0.3, 0.4) is 0 Å². The lowest BCUT2D eigenvalue weighted by molar-refractivity contribution is -0.870. The molecule has 81 heavy (non-hydrogen) atoms. The zero-order valence-electron chi connectivity index (χ0n) is 51.9. The molecule has 0 bridgehead atoms.